The van der Waals surface area contributed by atoms with Gasteiger partial charge in [0.15, 0.2) is 5.13 Å². The van der Waals surface area contributed by atoms with Gasteiger partial charge in [-0.1, -0.05) is 127 Å². The fourth-order valence-corrected chi connectivity index (χ4v) is 12.5. The van der Waals surface area contributed by atoms with Crippen molar-refractivity contribution in [2.45, 2.75) is 80.4 Å². The number of benzene rings is 6. The maximum atomic E-state index is 16.8. The third-order valence-electron chi connectivity index (χ3n) is 14.9. The smallest absolute Gasteiger partial charge is 0.421 e. The number of hydrogen-bond acceptors (Lipinski definition) is 14. The van der Waals surface area contributed by atoms with Crippen LogP contribution in [0.15, 0.2) is 152 Å². The number of morpholine rings is 1. The molecule has 16 nitrogen and oxygen atoms in total. The Morgan fingerprint density at radius 2 is 1.53 bits per heavy atom. The summed E-state index contributed by atoms with van der Waals surface area (Å²) >= 11 is 1.21. The number of ether oxygens (including phenoxy) is 3. The molecule has 7 aromatic rings. The Morgan fingerprint density at radius 1 is 0.842 bits per heavy atom. The number of esters is 1. The number of nitrogens with one attached hydrogen (secondary N) is 1. The zero-order valence-electron chi connectivity index (χ0n) is 41.0. The molecule has 384 valence electrons. The number of carbonyl (C=O) groups excluding carboxylic acids is 4. The van der Waals surface area contributed by atoms with Crippen LogP contribution >= 0.6 is 11.3 Å². The van der Waals surface area contributed by atoms with E-state index in [2.05, 4.69) is 17.2 Å². The maximum absolute atomic E-state index is 16.8. The first-order valence-corrected chi connectivity index (χ1v) is 26.0. The van der Waals surface area contributed by atoms with Gasteiger partial charge in [0, 0.05) is 23.3 Å². The quantitative estimate of drug-likeness (QED) is 0.0363. The molecule has 11 rings (SSSR count). The van der Waals surface area contributed by atoms with Crippen molar-refractivity contribution >= 4 is 61.9 Å². The van der Waals surface area contributed by atoms with E-state index in [1.165, 1.54) is 35.6 Å². The lowest BCUT2D eigenvalue weighted by Gasteiger charge is -2.46. The number of aliphatic hydroxyl groups excluding tert-OH is 1. The van der Waals surface area contributed by atoms with Crippen molar-refractivity contribution in [2.24, 2.45) is 5.92 Å². The number of nitro groups is 1. The number of fused-ring (bicyclic) bond motifs is 4. The summed E-state index contributed by atoms with van der Waals surface area (Å²) in [4.78, 5) is 82.2. The van der Waals surface area contributed by atoms with Crippen LogP contribution in [0.1, 0.15) is 90.1 Å². The third-order valence-corrected chi connectivity index (χ3v) is 15.8. The lowest BCUT2D eigenvalue weighted by Crippen LogP contribution is -2.54. The molecular weight excluding hydrogens is 987 g/mol. The summed E-state index contributed by atoms with van der Waals surface area (Å²) in [6.07, 6.45) is 2.28. The number of imide groups is 1. The monoisotopic (exact) mass is 1040 g/mol. The molecule has 3 amide bonds. The Hall–Kier alpha value is -8.27. The molecule has 1 spiro atoms. The van der Waals surface area contributed by atoms with Gasteiger partial charge in [0.1, 0.15) is 42.1 Å². The molecule has 4 aliphatic rings. The first kappa shape index (κ1) is 49.9. The Balaban J connectivity index is 1.18. The van der Waals surface area contributed by atoms with E-state index >= 15 is 19.2 Å². The number of carbonyl (C=O) groups is 4. The van der Waals surface area contributed by atoms with Crippen LogP contribution in [0, 0.1) is 27.9 Å². The van der Waals surface area contributed by atoms with Gasteiger partial charge >= 0.3 is 12.1 Å². The number of anilines is 2. The molecule has 4 heterocycles. The number of para-hydroxylation sites is 2. The summed E-state index contributed by atoms with van der Waals surface area (Å²) in [5.41, 5.74) is -0.516. The molecule has 1 aromatic heterocycles. The topological polar surface area (TPSA) is 211 Å². The molecule has 0 bridgehead atoms. The van der Waals surface area contributed by atoms with Gasteiger partial charge in [-0.15, -0.1) is 0 Å². The van der Waals surface area contributed by atoms with Crippen LogP contribution < -0.4 is 15.0 Å². The molecule has 3 fully saturated rings. The van der Waals surface area contributed by atoms with Crippen LogP contribution in [0.2, 0.25) is 0 Å². The Labute approximate surface area is 441 Å². The van der Waals surface area contributed by atoms with Gasteiger partial charge < -0.3 is 29.7 Å². The van der Waals surface area contributed by atoms with E-state index in [1.54, 1.807) is 48.5 Å². The lowest BCUT2D eigenvalue weighted by atomic mass is 9.65. The van der Waals surface area contributed by atoms with Crippen molar-refractivity contribution < 1.29 is 48.5 Å². The molecule has 0 unspecified atom stereocenters. The highest BCUT2D eigenvalue weighted by atomic mass is 32.1. The first-order chi connectivity index (χ1) is 37.0. The van der Waals surface area contributed by atoms with Crippen LogP contribution in [0.4, 0.5) is 21.3 Å². The molecule has 3 N–H and O–H groups in total. The van der Waals surface area contributed by atoms with Gasteiger partial charge in [0.05, 0.1) is 45.4 Å². The number of non-ortho nitro benzene ring substituents is 1. The number of hydrogen-bond donors (Lipinski definition) is 3. The number of aromatic nitrogens is 1. The van der Waals surface area contributed by atoms with E-state index in [0.717, 1.165) is 35.3 Å². The standard InChI is InChI=1S/C59H51N5O11S/c65-33-34-73-46-21-11-9-19-42(46)52-59(43-35-37(29-32-58(70)30-13-1-2-14-31-58)25-28-45(43)62(55(59)68)57(69)74-36-38-23-26-41(27-24-38)64(71)72)48(53(66)61-56-60-44-20-10-12-22-47(44)76-56)50-54(67)75-51(40-17-7-4-8-18-40)49(63(50)52)39-15-5-3-6-16-39/h3-12,15-28,35,48-52,65,70H,1-2,13-14,30-31,33-34,36H2,(H,60,61,66)/t48-,49-,50-,51+,52+,59-/m0/s1. The Bertz CT molecular complexity index is 3390. The van der Waals surface area contributed by atoms with Crippen molar-refractivity contribution in [3.63, 3.8) is 0 Å². The van der Waals surface area contributed by atoms with Crippen LogP contribution in [-0.4, -0.2) is 73.8 Å². The van der Waals surface area contributed by atoms with Crippen molar-refractivity contribution in [3.8, 4) is 17.6 Å². The van der Waals surface area contributed by atoms with Gasteiger partial charge in [-0.05, 0) is 96.5 Å². The van der Waals surface area contributed by atoms with Gasteiger partial charge in [0.25, 0.3) is 5.69 Å². The predicted octanol–water partition coefficient (Wildman–Crippen LogP) is 9.65. The average Bonchev–Trinajstić information content (AvgIpc) is 4.20. The van der Waals surface area contributed by atoms with Crippen LogP contribution in [0.25, 0.3) is 10.2 Å². The highest BCUT2D eigenvalue weighted by Crippen LogP contribution is 2.67. The fourth-order valence-electron chi connectivity index (χ4n) is 11.6. The van der Waals surface area contributed by atoms with Crippen molar-refractivity contribution in [1.82, 2.24) is 9.88 Å². The number of aliphatic hydroxyl groups is 2. The molecule has 1 saturated carbocycles. The summed E-state index contributed by atoms with van der Waals surface area (Å²) < 4.78 is 19.7. The predicted molar refractivity (Wildman–Crippen MR) is 282 cm³/mol. The number of amides is 3. The van der Waals surface area contributed by atoms with E-state index < -0.39 is 76.6 Å². The summed E-state index contributed by atoms with van der Waals surface area (Å²) in [5, 5.41) is 36.7. The molecule has 2 saturated heterocycles. The molecule has 17 heteroatoms. The highest BCUT2D eigenvalue weighted by molar-refractivity contribution is 7.22. The van der Waals surface area contributed by atoms with E-state index in [9.17, 15) is 20.3 Å². The normalized spacial score (nSPS) is 22.7. The highest BCUT2D eigenvalue weighted by Gasteiger charge is 2.76. The number of nitro benzene ring substituents is 1. The number of thiazole rings is 1. The SMILES string of the molecule is O=C1O[C@H](c2ccccc2)[C@H](c2ccccc2)N2[C@H]1[C@@H](C(=O)Nc1nc3ccccc3s1)[C@]1(C(=O)N(C(=O)OCc3ccc([N+](=O)[O-])cc3)c3ccc(C#CC4(O)CCCCCC4)cc31)[C@H]2c1ccccc1OCCO. The first-order valence-electron chi connectivity index (χ1n) is 25.2. The van der Waals surface area contributed by atoms with Gasteiger partial charge in [0.2, 0.25) is 11.8 Å². The summed E-state index contributed by atoms with van der Waals surface area (Å²) in [7, 11) is 0. The third kappa shape index (κ3) is 9.02. The van der Waals surface area contributed by atoms with E-state index in [1.807, 2.05) is 83.8 Å². The Morgan fingerprint density at radius 3 is 2.24 bits per heavy atom. The van der Waals surface area contributed by atoms with Gasteiger partial charge in [-0.2, -0.15) is 0 Å². The van der Waals surface area contributed by atoms with Crippen molar-refractivity contribution in [2.75, 3.05) is 23.4 Å². The largest absolute Gasteiger partial charge is 0.491 e. The minimum absolute atomic E-state index is 0.0399. The fraction of sp³-hybridized carbons (Fsp3) is 0.271. The second-order valence-electron chi connectivity index (χ2n) is 19.4. The zero-order valence-corrected chi connectivity index (χ0v) is 41.8. The molecule has 1 aliphatic carbocycles. The minimum atomic E-state index is -2.25. The van der Waals surface area contributed by atoms with Gasteiger partial charge in [-0.25, -0.2) is 14.7 Å². The summed E-state index contributed by atoms with van der Waals surface area (Å²) in [5.74, 6) is 2.35. The number of cyclic esters (lactones) is 1. The number of rotatable bonds is 11. The van der Waals surface area contributed by atoms with E-state index in [-0.39, 0.29) is 41.0 Å². The van der Waals surface area contributed by atoms with Crippen molar-refractivity contribution in [1.29, 1.82) is 0 Å². The molecule has 0 radical (unpaired) electrons. The van der Waals surface area contributed by atoms with E-state index in [0.29, 0.717) is 46.2 Å². The van der Waals surface area contributed by atoms with E-state index in [4.69, 9.17) is 19.2 Å². The molecule has 6 aromatic carbocycles. The summed E-state index contributed by atoms with van der Waals surface area (Å²) in [6, 6.07) is 39.2. The summed E-state index contributed by atoms with van der Waals surface area (Å²) in [6.45, 7) is -0.931. The average molecular weight is 1040 g/mol. The van der Waals surface area contributed by atoms with Gasteiger partial charge in [-0.3, -0.25) is 29.4 Å². The second kappa shape index (κ2) is 20.8. The molecular formula is C59H51N5O11S. The number of nitrogens with zero attached hydrogens (tertiary/aromatic N) is 4. The lowest BCUT2D eigenvalue weighted by molar-refractivity contribution is -0.384. The molecule has 3 aliphatic heterocycles. The zero-order chi connectivity index (χ0) is 52.6. The van der Waals surface area contributed by atoms with Crippen LogP contribution in [0.3, 0.4) is 0 Å². The van der Waals surface area contributed by atoms with Crippen molar-refractivity contribution in [3.05, 3.63) is 195 Å². The molecule has 76 heavy (non-hydrogen) atoms. The Kier molecular flexibility index (Phi) is 13.7. The second-order valence-corrected chi connectivity index (χ2v) is 20.4. The molecule has 6 atom stereocenters. The van der Waals surface area contributed by atoms with Crippen LogP contribution in [0.5, 0.6) is 5.75 Å². The van der Waals surface area contributed by atoms with Crippen LogP contribution in [-0.2, 0) is 35.9 Å². The maximum Gasteiger partial charge on any atom is 0.421 e. The minimum Gasteiger partial charge on any atom is -0.491 e.